The molecule has 5 nitrogen and oxygen atoms in total. The van der Waals surface area contributed by atoms with Crippen molar-refractivity contribution in [3.05, 3.63) is 0 Å². The number of esters is 1. The average Bonchev–Trinajstić information content (AvgIpc) is 2.45. The Hall–Kier alpha value is -1.26. The summed E-state index contributed by atoms with van der Waals surface area (Å²) in [4.78, 5) is 22.4. The van der Waals surface area contributed by atoms with Crippen LogP contribution in [0, 0.1) is 5.92 Å². The molecule has 0 aromatic rings. The summed E-state index contributed by atoms with van der Waals surface area (Å²) in [6.07, 6.45) is 0.0914. The maximum Gasteiger partial charge on any atom is 0.407 e. The zero-order valence-corrected chi connectivity index (χ0v) is 9.99. The zero-order valence-electron chi connectivity index (χ0n) is 9.99. The second-order valence-corrected chi connectivity index (χ2v) is 4.33. The van der Waals surface area contributed by atoms with Crippen LogP contribution >= 0.6 is 0 Å². The van der Waals surface area contributed by atoms with Gasteiger partial charge in [0.1, 0.15) is 6.10 Å². The Kier molecular flexibility index (Phi) is 4.58. The Morgan fingerprint density at radius 1 is 1.56 bits per heavy atom. The van der Waals surface area contributed by atoms with Crippen LogP contribution in [0.1, 0.15) is 33.6 Å². The summed E-state index contributed by atoms with van der Waals surface area (Å²) in [7, 11) is 0. The van der Waals surface area contributed by atoms with Crippen LogP contribution in [0.4, 0.5) is 4.79 Å². The lowest BCUT2D eigenvalue weighted by atomic mass is 9.98. The largest absolute Gasteiger partial charge is 0.466 e. The van der Waals surface area contributed by atoms with E-state index < -0.39 is 12.2 Å². The van der Waals surface area contributed by atoms with E-state index in [0.717, 1.165) is 6.42 Å². The topological polar surface area (TPSA) is 64.6 Å². The first-order valence-electron chi connectivity index (χ1n) is 5.65. The lowest BCUT2D eigenvalue weighted by molar-refractivity contribution is -0.145. The molecule has 0 radical (unpaired) electrons. The van der Waals surface area contributed by atoms with E-state index in [2.05, 4.69) is 19.2 Å². The van der Waals surface area contributed by atoms with Gasteiger partial charge in [0.2, 0.25) is 0 Å². The second-order valence-electron chi connectivity index (χ2n) is 4.33. The van der Waals surface area contributed by atoms with E-state index >= 15 is 0 Å². The first-order valence-corrected chi connectivity index (χ1v) is 5.65. The third kappa shape index (κ3) is 3.72. The fourth-order valence-corrected chi connectivity index (χ4v) is 1.78. The van der Waals surface area contributed by atoms with Gasteiger partial charge in [-0.15, -0.1) is 0 Å². The van der Waals surface area contributed by atoms with Crippen molar-refractivity contribution >= 4 is 12.1 Å². The molecule has 0 aliphatic carbocycles. The van der Waals surface area contributed by atoms with E-state index in [1.54, 1.807) is 6.92 Å². The lowest BCUT2D eigenvalue weighted by Gasteiger charge is -2.17. The number of carbonyl (C=O) groups is 2. The molecule has 0 bridgehead atoms. The van der Waals surface area contributed by atoms with Crippen LogP contribution in [-0.4, -0.2) is 30.8 Å². The van der Waals surface area contributed by atoms with E-state index in [0.29, 0.717) is 12.5 Å². The highest BCUT2D eigenvalue weighted by Gasteiger charge is 2.35. The van der Waals surface area contributed by atoms with Gasteiger partial charge in [-0.2, -0.15) is 0 Å². The van der Waals surface area contributed by atoms with Crippen molar-refractivity contribution in [3.63, 3.8) is 0 Å². The summed E-state index contributed by atoms with van der Waals surface area (Å²) < 4.78 is 9.88. The Bertz CT molecular complexity index is 265. The van der Waals surface area contributed by atoms with Crippen LogP contribution in [0.5, 0.6) is 0 Å². The van der Waals surface area contributed by atoms with Crippen LogP contribution < -0.4 is 5.32 Å². The van der Waals surface area contributed by atoms with Crippen LogP contribution in [0.3, 0.4) is 0 Å². The molecule has 1 aliphatic heterocycles. The van der Waals surface area contributed by atoms with E-state index in [1.165, 1.54) is 0 Å². The molecule has 2 atom stereocenters. The summed E-state index contributed by atoms with van der Waals surface area (Å²) in [5.74, 6) is 0.120. The fourth-order valence-electron chi connectivity index (χ4n) is 1.78. The maximum atomic E-state index is 11.3. The summed E-state index contributed by atoms with van der Waals surface area (Å²) in [5, 5.41) is 2.71. The molecule has 0 aromatic carbocycles. The third-order valence-electron chi connectivity index (χ3n) is 2.41. The molecule has 0 spiro atoms. The minimum atomic E-state index is -0.444. The van der Waals surface area contributed by atoms with Crippen LogP contribution in [0.2, 0.25) is 0 Å². The van der Waals surface area contributed by atoms with Crippen LogP contribution in [0.15, 0.2) is 0 Å². The van der Waals surface area contributed by atoms with Gasteiger partial charge in [0.25, 0.3) is 0 Å². The fraction of sp³-hybridized carbons (Fsp3) is 0.818. The molecule has 1 N–H and O–H groups in total. The Morgan fingerprint density at radius 3 is 2.81 bits per heavy atom. The summed E-state index contributed by atoms with van der Waals surface area (Å²) >= 11 is 0. The van der Waals surface area contributed by atoms with Crippen molar-refractivity contribution in [2.24, 2.45) is 5.92 Å². The van der Waals surface area contributed by atoms with Gasteiger partial charge in [-0.1, -0.05) is 13.8 Å². The smallest absolute Gasteiger partial charge is 0.407 e. The van der Waals surface area contributed by atoms with Gasteiger partial charge in [-0.05, 0) is 19.3 Å². The Morgan fingerprint density at radius 2 is 2.25 bits per heavy atom. The molecule has 1 aliphatic rings. The number of hydrogen-bond acceptors (Lipinski definition) is 4. The van der Waals surface area contributed by atoms with E-state index in [4.69, 9.17) is 9.47 Å². The van der Waals surface area contributed by atoms with Gasteiger partial charge in [0, 0.05) is 0 Å². The number of ether oxygens (including phenoxy) is 2. The molecule has 1 rings (SSSR count). The number of alkyl carbamates (subject to hydrolysis) is 1. The molecule has 0 unspecified atom stereocenters. The molecule has 0 aromatic heterocycles. The first kappa shape index (κ1) is 12.8. The molecule has 1 fully saturated rings. The van der Waals surface area contributed by atoms with Crippen LogP contribution in [-0.2, 0) is 14.3 Å². The highest BCUT2D eigenvalue weighted by atomic mass is 16.6. The summed E-state index contributed by atoms with van der Waals surface area (Å²) in [6, 6.07) is -0.0862. The van der Waals surface area contributed by atoms with Gasteiger partial charge in [-0.25, -0.2) is 4.79 Å². The Labute approximate surface area is 95.5 Å². The molecule has 92 valence electrons. The van der Waals surface area contributed by atoms with Crippen molar-refractivity contribution in [1.82, 2.24) is 5.32 Å². The normalized spacial score (nSPS) is 24.1. The van der Waals surface area contributed by atoms with Gasteiger partial charge >= 0.3 is 12.1 Å². The monoisotopic (exact) mass is 229 g/mol. The quantitative estimate of drug-likeness (QED) is 0.725. The molecule has 1 amide bonds. The minimum Gasteiger partial charge on any atom is -0.466 e. The number of rotatable bonds is 5. The number of amides is 1. The van der Waals surface area contributed by atoms with Crippen molar-refractivity contribution in [2.45, 2.75) is 45.8 Å². The maximum absolute atomic E-state index is 11.3. The van der Waals surface area contributed by atoms with Crippen molar-refractivity contribution < 1.29 is 19.1 Å². The highest BCUT2D eigenvalue weighted by molar-refractivity contribution is 5.74. The Balaban J connectivity index is 2.49. The number of carbonyl (C=O) groups excluding carboxylic acids is 2. The van der Waals surface area contributed by atoms with Gasteiger partial charge < -0.3 is 14.8 Å². The van der Waals surface area contributed by atoms with Crippen LogP contribution in [0.25, 0.3) is 0 Å². The predicted molar refractivity (Wildman–Crippen MR) is 57.9 cm³/mol. The van der Waals surface area contributed by atoms with Gasteiger partial charge in [0.15, 0.2) is 0 Å². The van der Waals surface area contributed by atoms with Gasteiger partial charge in [0.05, 0.1) is 19.1 Å². The molecule has 16 heavy (non-hydrogen) atoms. The third-order valence-corrected chi connectivity index (χ3v) is 2.41. The average molecular weight is 229 g/mol. The van der Waals surface area contributed by atoms with E-state index in [9.17, 15) is 9.59 Å². The van der Waals surface area contributed by atoms with Crippen molar-refractivity contribution in [3.8, 4) is 0 Å². The summed E-state index contributed by atoms with van der Waals surface area (Å²) in [6.45, 7) is 6.22. The van der Waals surface area contributed by atoms with E-state index in [-0.39, 0.29) is 18.4 Å². The second kappa shape index (κ2) is 5.72. The molecule has 1 heterocycles. The standard InChI is InChI=1S/C11H19NO4/c1-4-15-10(13)6-9-8(5-7(2)3)12-11(14)16-9/h7-9H,4-6H2,1-3H3,(H,12,14)/t8-,9+/m1/s1. The number of nitrogens with one attached hydrogen (secondary N) is 1. The summed E-state index contributed by atoms with van der Waals surface area (Å²) in [5.41, 5.74) is 0. The molecule has 5 heteroatoms. The van der Waals surface area contributed by atoms with Crippen molar-refractivity contribution in [2.75, 3.05) is 6.61 Å². The molecule has 0 saturated carbocycles. The molecular weight excluding hydrogens is 210 g/mol. The first-order chi connectivity index (χ1) is 7.52. The number of cyclic esters (lactones) is 1. The van der Waals surface area contributed by atoms with Gasteiger partial charge in [-0.3, -0.25) is 4.79 Å². The lowest BCUT2D eigenvalue weighted by Crippen LogP contribution is -2.34. The predicted octanol–water partition coefficient (Wildman–Crippen LogP) is 1.46. The number of hydrogen-bond donors (Lipinski definition) is 1. The van der Waals surface area contributed by atoms with E-state index in [1.807, 2.05) is 0 Å². The zero-order chi connectivity index (χ0) is 12.1. The SMILES string of the molecule is CCOC(=O)C[C@@H]1OC(=O)N[C@@H]1CC(C)C. The van der Waals surface area contributed by atoms with Crippen molar-refractivity contribution in [1.29, 1.82) is 0 Å². The molecular formula is C11H19NO4. The highest BCUT2D eigenvalue weighted by Crippen LogP contribution is 2.19. The molecule has 1 saturated heterocycles. The minimum absolute atomic E-state index is 0.0862.